The zero-order valence-electron chi connectivity index (χ0n) is 10.9. The van der Waals surface area contributed by atoms with Crippen molar-refractivity contribution in [1.29, 1.82) is 0 Å². The van der Waals surface area contributed by atoms with Crippen LogP contribution in [0.3, 0.4) is 0 Å². The second-order valence-corrected chi connectivity index (χ2v) is 4.45. The Kier molecular flexibility index (Phi) is 3.39. The van der Waals surface area contributed by atoms with Gasteiger partial charge < -0.3 is 14.9 Å². The van der Waals surface area contributed by atoms with Crippen LogP contribution in [0.1, 0.15) is 29.1 Å². The Bertz CT molecular complexity index is 496. The normalized spacial score (nSPS) is 19.1. The standard InChI is InChI=1S/C14H18N2O2/c1-4-15(2)13-9-12(17)10-7-5-6-8-11(10)14(18)16(13)3/h5-9,14,18H,4H2,1-3H3. The molecule has 4 nitrogen and oxygen atoms in total. The highest BCUT2D eigenvalue weighted by atomic mass is 16.3. The van der Waals surface area contributed by atoms with Gasteiger partial charge in [0.15, 0.2) is 12.0 Å². The summed E-state index contributed by atoms with van der Waals surface area (Å²) in [5.74, 6) is 0.663. The van der Waals surface area contributed by atoms with Gasteiger partial charge in [-0.25, -0.2) is 0 Å². The molecule has 0 aromatic heterocycles. The molecule has 1 heterocycles. The summed E-state index contributed by atoms with van der Waals surface area (Å²) in [5, 5.41) is 10.3. The van der Waals surface area contributed by atoms with Crippen molar-refractivity contribution in [3.8, 4) is 0 Å². The summed E-state index contributed by atoms with van der Waals surface area (Å²) in [6.07, 6.45) is 0.784. The van der Waals surface area contributed by atoms with Gasteiger partial charge in [-0.15, -0.1) is 0 Å². The van der Waals surface area contributed by atoms with Crippen LogP contribution in [-0.4, -0.2) is 41.3 Å². The van der Waals surface area contributed by atoms with E-state index in [2.05, 4.69) is 0 Å². The van der Waals surface area contributed by atoms with Gasteiger partial charge in [-0.05, 0) is 6.92 Å². The molecule has 0 saturated carbocycles. The molecule has 0 bridgehead atoms. The molecule has 96 valence electrons. The molecular weight excluding hydrogens is 228 g/mol. The third kappa shape index (κ3) is 1.99. The smallest absolute Gasteiger partial charge is 0.189 e. The lowest BCUT2D eigenvalue weighted by atomic mass is 10.0. The Hall–Kier alpha value is -1.81. The number of aliphatic hydroxyl groups excluding tert-OH is 1. The Labute approximate surface area is 107 Å². The van der Waals surface area contributed by atoms with E-state index >= 15 is 0 Å². The largest absolute Gasteiger partial charge is 0.369 e. The molecule has 0 saturated heterocycles. The second-order valence-electron chi connectivity index (χ2n) is 4.45. The SMILES string of the molecule is CCN(C)C1=CC(=O)c2ccccc2C(O)N1C. The van der Waals surface area contributed by atoms with Gasteiger partial charge in [0.25, 0.3) is 0 Å². The molecule has 0 aliphatic carbocycles. The molecule has 0 amide bonds. The van der Waals surface area contributed by atoms with Gasteiger partial charge in [0.1, 0.15) is 5.82 Å². The maximum Gasteiger partial charge on any atom is 0.189 e. The molecule has 0 spiro atoms. The molecule has 1 N–H and O–H groups in total. The van der Waals surface area contributed by atoms with Crippen molar-refractivity contribution in [2.24, 2.45) is 0 Å². The van der Waals surface area contributed by atoms with Crippen LogP contribution in [0, 0.1) is 0 Å². The molecule has 0 radical (unpaired) electrons. The maximum absolute atomic E-state index is 12.2. The monoisotopic (exact) mass is 246 g/mol. The van der Waals surface area contributed by atoms with Crippen LogP contribution in [-0.2, 0) is 0 Å². The van der Waals surface area contributed by atoms with E-state index in [0.29, 0.717) is 11.1 Å². The quantitative estimate of drug-likeness (QED) is 0.861. The molecule has 18 heavy (non-hydrogen) atoms. The fourth-order valence-corrected chi connectivity index (χ4v) is 2.12. The lowest BCUT2D eigenvalue weighted by Crippen LogP contribution is -2.32. The lowest BCUT2D eigenvalue weighted by Gasteiger charge is -2.32. The first-order chi connectivity index (χ1) is 8.56. The number of hydrogen-bond donors (Lipinski definition) is 1. The molecule has 1 unspecified atom stereocenters. The fourth-order valence-electron chi connectivity index (χ4n) is 2.12. The summed E-state index contributed by atoms with van der Waals surface area (Å²) < 4.78 is 0. The predicted molar refractivity (Wildman–Crippen MR) is 69.9 cm³/mol. The Morgan fingerprint density at radius 2 is 2.06 bits per heavy atom. The highest BCUT2D eigenvalue weighted by molar-refractivity contribution is 6.06. The van der Waals surface area contributed by atoms with Gasteiger partial charge in [0.2, 0.25) is 0 Å². The van der Waals surface area contributed by atoms with Crippen molar-refractivity contribution in [2.45, 2.75) is 13.2 Å². The van der Waals surface area contributed by atoms with E-state index in [1.54, 1.807) is 30.2 Å². The van der Waals surface area contributed by atoms with Crippen molar-refractivity contribution in [3.05, 3.63) is 47.3 Å². The predicted octanol–water partition coefficient (Wildman–Crippen LogP) is 1.60. The number of allylic oxidation sites excluding steroid dienone is 1. The van der Waals surface area contributed by atoms with Crippen LogP contribution in [0.5, 0.6) is 0 Å². The molecule has 2 rings (SSSR count). The third-order valence-corrected chi connectivity index (χ3v) is 3.36. The number of ketones is 1. The number of benzene rings is 1. The minimum Gasteiger partial charge on any atom is -0.369 e. The number of carbonyl (C=O) groups excluding carboxylic acids is 1. The first-order valence-electron chi connectivity index (χ1n) is 6.03. The van der Waals surface area contributed by atoms with Gasteiger partial charge in [-0.2, -0.15) is 0 Å². The zero-order chi connectivity index (χ0) is 13.3. The molecule has 1 atom stereocenters. The Balaban J connectivity index is 2.52. The maximum atomic E-state index is 12.2. The lowest BCUT2D eigenvalue weighted by molar-refractivity contribution is 0.0265. The summed E-state index contributed by atoms with van der Waals surface area (Å²) in [4.78, 5) is 15.8. The average Bonchev–Trinajstić information content (AvgIpc) is 2.50. The summed E-state index contributed by atoms with van der Waals surface area (Å²) in [6, 6.07) is 7.18. The number of hydrogen-bond acceptors (Lipinski definition) is 4. The molecule has 1 aliphatic heterocycles. The minimum absolute atomic E-state index is 0.0655. The van der Waals surface area contributed by atoms with Crippen LogP contribution < -0.4 is 0 Å². The first-order valence-corrected chi connectivity index (χ1v) is 6.03. The number of rotatable bonds is 2. The minimum atomic E-state index is -0.798. The first kappa shape index (κ1) is 12.6. The molecule has 1 aliphatic rings. The van der Waals surface area contributed by atoms with Crippen LogP contribution in [0.4, 0.5) is 0 Å². The zero-order valence-corrected chi connectivity index (χ0v) is 10.9. The van der Waals surface area contributed by atoms with Crippen molar-refractivity contribution < 1.29 is 9.90 Å². The van der Waals surface area contributed by atoms with Crippen LogP contribution in [0.25, 0.3) is 0 Å². The average molecular weight is 246 g/mol. The van der Waals surface area contributed by atoms with E-state index in [4.69, 9.17) is 0 Å². The van der Waals surface area contributed by atoms with Gasteiger partial charge >= 0.3 is 0 Å². The second kappa shape index (κ2) is 4.82. The Morgan fingerprint density at radius 3 is 2.72 bits per heavy atom. The van der Waals surface area contributed by atoms with Crippen molar-refractivity contribution >= 4 is 5.78 Å². The third-order valence-electron chi connectivity index (χ3n) is 3.36. The summed E-state index contributed by atoms with van der Waals surface area (Å²) >= 11 is 0. The van der Waals surface area contributed by atoms with Crippen LogP contribution >= 0.6 is 0 Å². The van der Waals surface area contributed by atoms with Crippen molar-refractivity contribution in [1.82, 2.24) is 9.80 Å². The fraction of sp³-hybridized carbons (Fsp3) is 0.357. The van der Waals surface area contributed by atoms with E-state index in [1.165, 1.54) is 0 Å². The van der Waals surface area contributed by atoms with E-state index in [9.17, 15) is 9.90 Å². The topological polar surface area (TPSA) is 43.8 Å². The van der Waals surface area contributed by atoms with Gasteiger partial charge in [0, 0.05) is 37.8 Å². The number of nitrogens with zero attached hydrogens (tertiary/aromatic N) is 2. The molecule has 1 aromatic carbocycles. The van der Waals surface area contributed by atoms with Gasteiger partial charge in [-0.3, -0.25) is 4.79 Å². The number of fused-ring (bicyclic) bond motifs is 1. The van der Waals surface area contributed by atoms with E-state index in [0.717, 1.165) is 12.4 Å². The van der Waals surface area contributed by atoms with Gasteiger partial charge in [0.05, 0.1) is 0 Å². The van der Waals surface area contributed by atoms with Crippen LogP contribution in [0.15, 0.2) is 36.2 Å². The van der Waals surface area contributed by atoms with Crippen molar-refractivity contribution in [3.63, 3.8) is 0 Å². The molecule has 0 fully saturated rings. The highest BCUT2D eigenvalue weighted by Crippen LogP contribution is 2.28. The van der Waals surface area contributed by atoms with E-state index in [1.807, 2.05) is 31.0 Å². The van der Waals surface area contributed by atoms with Crippen molar-refractivity contribution in [2.75, 3.05) is 20.6 Å². The summed E-state index contributed by atoms with van der Waals surface area (Å²) in [7, 11) is 3.69. The van der Waals surface area contributed by atoms with E-state index in [-0.39, 0.29) is 5.78 Å². The number of aliphatic hydroxyl groups is 1. The number of carbonyl (C=O) groups is 1. The summed E-state index contributed by atoms with van der Waals surface area (Å²) in [6.45, 7) is 2.77. The summed E-state index contributed by atoms with van der Waals surface area (Å²) in [5.41, 5.74) is 1.22. The van der Waals surface area contributed by atoms with Gasteiger partial charge in [-0.1, -0.05) is 24.3 Å². The molecular formula is C14H18N2O2. The van der Waals surface area contributed by atoms with E-state index < -0.39 is 6.23 Å². The Morgan fingerprint density at radius 1 is 1.39 bits per heavy atom. The molecule has 1 aromatic rings. The highest BCUT2D eigenvalue weighted by Gasteiger charge is 2.27. The van der Waals surface area contributed by atoms with Crippen LogP contribution in [0.2, 0.25) is 0 Å². The molecule has 4 heteroatoms.